The SMILES string of the molecule is O=S(=O)(c1ccc(Cl)cc1)N(Cc1ccccc1)c1cc2ccccc2c2ccccc12. The Bertz CT molecular complexity index is 1510. The second-order valence-electron chi connectivity index (χ2n) is 7.61. The molecule has 0 spiro atoms. The van der Waals surface area contributed by atoms with Crippen molar-refractivity contribution < 1.29 is 8.42 Å². The van der Waals surface area contributed by atoms with Crippen molar-refractivity contribution in [1.29, 1.82) is 0 Å². The van der Waals surface area contributed by atoms with Crippen LogP contribution >= 0.6 is 11.6 Å². The van der Waals surface area contributed by atoms with Crippen molar-refractivity contribution in [2.75, 3.05) is 4.31 Å². The monoisotopic (exact) mass is 457 g/mol. The van der Waals surface area contributed by atoms with Gasteiger partial charge in [-0.15, -0.1) is 0 Å². The molecule has 0 N–H and O–H groups in total. The van der Waals surface area contributed by atoms with Crippen LogP contribution in [0.2, 0.25) is 5.02 Å². The summed E-state index contributed by atoms with van der Waals surface area (Å²) in [5.74, 6) is 0. The standard InChI is InChI=1S/C27H20ClNO2S/c28-22-14-16-23(17-15-22)32(30,31)29(19-20-8-2-1-3-9-20)27-18-21-10-4-5-11-24(21)25-12-6-7-13-26(25)27/h1-18H,19H2. The van der Waals surface area contributed by atoms with E-state index in [4.69, 9.17) is 11.6 Å². The van der Waals surface area contributed by atoms with E-state index >= 15 is 0 Å². The minimum atomic E-state index is -3.85. The van der Waals surface area contributed by atoms with E-state index in [0.717, 1.165) is 27.1 Å². The van der Waals surface area contributed by atoms with Crippen LogP contribution in [0.15, 0.2) is 114 Å². The summed E-state index contributed by atoms with van der Waals surface area (Å²) >= 11 is 6.02. The van der Waals surface area contributed by atoms with Crippen LogP contribution < -0.4 is 4.31 Å². The molecule has 5 aromatic carbocycles. The summed E-state index contributed by atoms with van der Waals surface area (Å²) in [7, 11) is -3.85. The molecule has 5 rings (SSSR count). The molecule has 0 heterocycles. The fourth-order valence-electron chi connectivity index (χ4n) is 4.02. The Kier molecular flexibility index (Phi) is 5.33. The molecule has 0 radical (unpaired) electrons. The Morgan fingerprint density at radius 1 is 0.656 bits per heavy atom. The van der Waals surface area contributed by atoms with E-state index in [9.17, 15) is 8.42 Å². The average Bonchev–Trinajstić information content (AvgIpc) is 2.83. The Morgan fingerprint density at radius 3 is 1.97 bits per heavy atom. The zero-order valence-electron chi connectivity index (χ0n) is 17.1. The van der Waals surface area contributed by atoms with Crippen LogP contribution in [0.1, 0.15) is 5.56 Å². The Labute approximate surface area is 192 Å². The number of hydrogen-bond acceptors (Lipinski definition) is 2. The average molecular weight is 458 g/mol. The molecular formula is C27H20ClNO2S. The third-order valence-corrected chi connectivity index (χ3v) is 7.61. The summed E-state index contributed by atoms with van der Waals surface area (Å²) in [5, 5.41) is 4.49. The third kappa shape index (κ3) is 3.72. The van der Waals surface area contributed by atoms with Gasteiger partial charge in [0.05, 0.1) is 17.1 Å². The van der Waals surface area contributed by atoms with E-state index in [1.165, 1.54) is 4.31 Å². The van der Waals surface area contributed by atoms with E-state index < -0.39 is 10.0 Å². The molecule has 0 atom stereocenters. The molecule has 5 heteroatoms. The molecule has 0 bridgehead atoms. The van der Waals surface area contributed by atoms with Crippen LogP contribution in [-0.4, -0.2) is 8.42 Å². The number of sulfonamides is 1. The van der Waals surface area contributed by atoms with Gasteiger partial charge in [0.2, 0.25) is 0 Å². The summed E-state index contributed by atoms with van der Waals surface area (Å²) in [6.45, 7) is 0.216. The van der Waals surface area contributed by atoms with Crippen molar-refractivity contribution in [2.24, 2.45) is 0 Å². The first-order valence-corrected chi connectivity index (χ1v) is 12.1. The highest BCUT2D eigenvalue weighted by molar-refractivity contribution is 7.92. The Balaban J connectivity index is 1.78. The number of anilines is 1. The van der Waals surface area contributed by atoms with Crippen molar-refractivity contribution in [3.05, 3.63) is 120 Å². The van der Waals surface area contributed by atoms with E-state index in [0.29, 0.717) is 10.7 Å². The lowest BCUT2D eigenvalue weighted by Crippen LogP contribution is -2.30. The van der Waals surface area contributed by atoms with Gasteiger partial charge in [0.1, 0.15) is 0 Å². The van der Waals surface area contributed by atoms with Gasteiger partial charge in [-0.3, -0.25) is 4.31 Å². The van der Waals surface area contributed by atoms with Crippen LogP contribution in [0, 0.1) is 0 Å². The van der Waals surface area contributed by atoms with Crippen molar-refractivity contribution in [3.8, 4) is 0 Å². The molecule has 158 valence electrons. The highest BCUT2D eigenvalue weighted by Gasteiger charge is 2.27. The molecule has 0 aromatic heterocycles. The maximum Gasteiger partial charge on any atom is 0.264 e. The highest BCUT2D eigenvalue weighted by Crippen LogP contribution is 2.37. The van der Waals surface area contributed by atoms with Crippen molar-refractivity contribution in [1.82, 2.24) is 0 Å². The number of benzene rings is 5. The van der Waals surface area contributed by atoms with E-state index in [-0.39, 0.29) is 11.4 Å². The van der Waals surface area contributed by atoms with Gasteiger partial charge in [-0.05, 0) is 52.1 Å². The van der Waals surface area contributed by atoms with Gasteiger partial charge in [0, 0.05) is 10.4 Å². The smallest absolute Gasteiger partial charge is 0.261 e. The molecule has 0 aliphatic rings. The quantitative estimate of drug-likeness (QED) is 0.265. The lowest BCUT2D eigenvalue weighted by molar-refractivity contribution is 0.590. The largest absolute Gasteiger partial charge is 0.264 e. The number of fused-ring (bicyclic) bond motifs is 3. The molecule has 0 saturated heterocycles. The number of rotatable bonds is 5. The first-order valence-electron chi connectivity index (χ1n) is 10.3. The summed E-state index contributed by atoms with van der Waals surface area (Å²) in [4.78, 5) is 0.204. The predicted octanol–water partition coefficient (Wildman–Crippen LogP) is 7.04. The zero-order chi connectivity index (χ0) is 22.1. The summed E-state index contributed by atoms with van der Waals surface area (Å²) in [6.07, 6.45) is 0. The Morgan fingerprint density at radius 2 is 1.25 bits per heavy atom. The fraction of sp³-hybridized carbons (Fsp3) is 0.0370. The van der Waals surface area contributed by atoms with Crippen LogP contribution in [0.25, 0.3) is 21.5 Å². The van der Waals surface area contributed by atoms with Crippen molar-refractivity contribution >= 4 is 48.9 Å². The van der Waals surface area contributed by atoms with Gasteiger partial charge in [-0.25, -0.2) is 8.42 Å². The van der Waals surface area contributed by atoms with Gasteiger partial charge >= 0.3 is 0 Å². The van der Waals surface area contributed by atoms with Gasteiger partial charge < -0.3 is 0 Å². The summed E-state index contributed by atoms with van der Waals surface area (Å²) in [6, 6.07) is 33.9. The molecule has 32 heavy (non-hydrogen) atoms. The molecule has 0 fully saturated rings. The molecular weight excluding hydrogens is 438 g/mol. The highest BCUT2D eigenvalue weighted by atomic mass is 35.5. The summed E-state index contributed by atoms with van der Waals surface area (Å²) < 4.78 is 29.3. The second kappa shape index (κ2) is 8.30. The molecule has 0 unspecified atom stereocenters. The minimum absolute atomic E-state index is 0.204. The number of halogens is 1. The van der Waals surface area contributed by atoms with E-state index in [1.54, 1.807) is 24.3 Å². The number of hydrogen-bond donors (Lipinski definition) is 0. The van der Waals surface area contributed by atoms with Crippen LogP contribution in [0.3, 0.4) is 0 Å². The maximum atomic E-state index is 13.9. The second-order valence-corrected chi connectivity index (χ2v) is 9.91. The van der Waals surface area contributed by atoms with E-state index in [2.05, 4.69) is 6.07 Å². The van der Waals surface area contributed by atoms with Gasteiger partial charge in [-0.2, -0.15) is 0 Å². The third-order valence-electron chi connectivity index (χ3n) is 5.59. The summed E-state index contributed by atoms with van der Waals surface area (Å²) in [5.41, 5.74) is 1.56. The van der Waals surface area contributed by atoms with Crippen LogP contribution in [0.5, 0.6) is 0 Å². The Hall–Kier alpha value is -3.34. The predicted molar refractivity (Wildman–Crippen MR) is 133 cm³/mol. The van der Waals surface area contributed by atoms with Gasteiger partial charge in [-0.1, -0.05) is 90.5 Å². The molecule has 0 amide bonds. The molecule has 0 aliphatic heterocycles. The number of nitrogens with zero attached hydrogens (tertiary/aromatic N) is 1. The van der Waals surface area contributed by atoms with Crippen LogP contribution in [-0.2, 0) is 16.6 Å². The zero-order valence-corrected chi connectivity index (χ0v) is 18.7. The minimum Gasteiger partial charge on any atom is -0.261 e. The molecule has 5 aromatic rings. The first kappa shape index (κ1) is 20.6. The van der Waals surface area contributed by atoms with Gasteiger partial charge in [0.15, 0.2) is 0 Å². The molecule has 0 aliphatic carbocycles. The lowest BCUT2D eigenvalue weighted by atomic mass is 10.00. The van der Waals surface area contributed by atoms with Crippen molar-refractivity contribution in [3.63, 3.8) is 0 Å². The lowest BCUT2D eigenvalue weighted by Gasteiger charge is -2.27. The van der Waals surface area contributed by atoms with E-state index in [1.807, 2.05) is 78.9 Å². The topological polar surface area (TPSA) is 37.4 Å². The van der Waals surface area contributed by atoms with Gasteiger partial charge in [0.25, 0.3) is 10.0 Å². The normalized spacial score (nSPS) is 11.7. The fourth-order valence-corrected chi connectivity index (χ4v) is 5.61. The molecule has 0 saturated carbocycles. The molecule has 3 nitrogen and oxygen atoms in total. The van der Waals surface area contributed by atoms with Crippen LogP contribution in [0.4, 0.5) is 5.69 Å². The van der Waals surface area contributed by atoms with Crippen molar-refractivity contribution in [2.45, 2.75) is 11.4 Å². The maximum absolute atomic E-state index is 13.9. The first-order chi connectivity index (χ1) is 15.5.